The normalized spacial score (nSPS) is 7.90. The average molecular weight is 154 g/mol. The van der Waals surface area contributed by atoms with E-state index in [1.165, 1.54) is 6.08 Å². The Morgan fingerprint density at radius 2 is 1.90 bits per heavy atom. The Morgan fingerprint density at radius 1 is 1.60 bits per heavy atom. The van der Waals surface area contributed by atoms with E-state index in [-0.39, 0.29) is 6.42 Å². The van der Waals surface area contributed by atoms with Crippen LogP contribution in [-0.4, -0.2) is 22.8 Å². The molecule has 0 unspecified atom stereocenters. The summed E-state index contributed by atoms with van der Waals surface area (Å²) in [4.78, 5) is 8.56. The molecule has 0 fully saturated rings. The predicted molar refractivity (Wildman–Crippen MR) is 31.5 cm³/mol. The van der Waals surface area contributed by atoms with E-state index in [0.717, 1.165) is 0 Å². The summed E-state index contributed by atoms with van der Waals surface area (Å²) in [7, 11) is 0. The number of allylic oxidation sites excluding steroid dienone is 1. The van der Waals surface area contributed by atoms with Crippen LogP contribution >= 0.6 is 0 Å². The first kappa shape index (κ1) is 11.6. The third-order valence-corrected chi connectivity index (χ3v) is 0.345. The van der Waals surface area contributed by atoms with Crippen molar-refractivity contribution >= 4 is 6.16 Å². The third kappa shape index (κ3) is 67.7. The summed E-state index contributed by atoms with van der Waals surface area (Å²) in [5.74, 6) is 0. The number of hydrogen-bond donors (Lipinski definition) is 2. The minimum atomic E-state index is -2.22. The first-order chi connectivity index (χ1) is 4.50. The van der Waals surface area contributed by atoms with Gasteiger partial charge in [0.2, 0.25) is 6.43 Å². The van der Waals surface area contributed by atoms with Crippen LogP contribution in [0.3, 0.4) is 0 Å². The van der Waals surface area contributed by atoms with Crippen LogP contribution in [-0.2, 0) is 0 Å². The van der Waals surface area contributed by atoms with Crippen LogP contribution in [0.2, 0.25) is 0 Å². The van der Waals surface area contributed by atoms with Crippen LogP contribution in [0.25, 0.3) is 0 Å². The van der Waals surface area contributed by atoms with Crippen molar-refractivity contribution in [1.29, 1.82) is 0 Å². The Hall–Kier alpha value is -1.13. The highest BCUT2D eigenvalue weighted by Crippen LogP contribution is 1.96. The second-order valence-electron chi connectivity index (χ2n) is 1.20. The van der Waals surface area contributed by atoms with Crippen molar-refractivity contribution in [3.8, 4) is 0 Å². The molecule has 0 aliphatic rings. The molecule has 0 aromatic rings. The Labute approximate surface area is 56.6 Å². The monoisotopic (exact) mass is 154 g/mol. The highest BCUT2D eigenvalue weighted by atomic mass is 19.3. The maximum atomic E-state index is 11.0. The molecule has 3 nitrogen and oxygen atoms in total. The van der Waals surface area contributed by atoms with Crippen molar-refractivity contribution in [3.05, 3.63) is 12.7 Å². The molecule has 10 heavy (non-hydrogen) atoms. The standard InChI is InChI=1S/C4H6F2.CH2O3/c1-2-3-4(5)6;2-1(3)4/h2,4H,1,3H2;(H2,2,3,4). The second-order valence-corrected chi connectivity index (χ2v) is 1.20. The molecule has 0 radical (unpaired) electrons. The molecule has 0 atom stereocenters. The molecule has 0 aliphatic heterocycles. The van der Waals surface area contributed by atoms with Gasteiger partial charge in [-0.2, -0.15) is 0 Å². The topological polar surface area (TPSA) is 57.5 Å². The molecule has 0 aromatic heterocycles. The summed E-state index contributed by atoms with van der Waals surface area (Å²) in [5, 5.41) is 13.9. The molecule has 0 amide bonds. The molecule has 0 heterocycles. The van der Waals surface area contributed by atoms with E-state index < -0.39 is 12.6 Å². The molecule has 5 heteroatoms. The van der Waals surface area contributed by atoms with Gasteiger partial charge in [-0.25, -0.2) is 13.6 Å². The van der Waals surface area contributed by atoms with E-state index in [9.17, 15) is 8.78 Å². The van der Waals surface area contributed by atoms with Crippen LogP contribution < -0.4 is 0 Å². The molecule has 0 saturated carbocycles. The molecule has 2 N–H and O–H groups in total. The number of carbonyl (C=O) groups is 1. The van der Waals surface area contributed by atoms with Crippen LogP contribution in [0.15, 0.2) is 12.7 Å². The largest absolute Gasteiger partial charge is 0.503 e. The predicted octanol–water partition coefficient (Wildman–Crippen LogP) is 2.05. The zero-order valence-electron chi connectivity index (χ0n) is 5.13. The molecule has 0 aliphatic carbocycles. The van der Waals surface area contributed by atoms with Crippen molar-refractivity contribution in [2.75, 3.05) is 0 Å². The summed E-state index contributed by atoms with van der Waals surface area (Å²) in [5.41, 5.74) is 0. The van der Waals surface area contributed by atoms with Gasteiger partial charge in [0.1, 0.15) is 0 Å². The van der Waals surface area contributed by atoms with E-state index in [1.54, 1.807) is 0 Å². The average Bonchev–Trinajstić information content (AvgIpc) is 1.62. The molecule has 0 aromatic carbocycles. The van der Waals surface area contributed by atoms with Crippen LogP contribution in [0.5, 0.6) is 0 Å². The van der Waals surface area contributed by atoms with Gasteiger partial charge in [-0.3, -0.25) is 0 Å². The summed E-state index contributed by atoms with van der Waals surface area (Å²) in [6.07, 6.45) is -3.05. The maximum Gasteiger partial charge on any atom is 0.503 e. The van der Waals surface area contributed by atoms with Crippen LogP contribution in [0.1, 0.15) is 6.42 Å². The lowest BCUT2D eigenvalue weighted by molar-refractivity contribution is 0.136. The highest BCUT2D eigenvalue weighted by Gasteiger charge is 1.93. The van der Waals surface area contributed by atoms with Crippen LogP contribution in [0.4, 0.5) is 13.6 Å². The molecular formula is C5H8F2O3. The van der Waals surface area contributed by atoms with Gasteiger partial charge in [-0.05, 0) is 0 Å². The molecule has 0 spiro atoms. The van der Waals surface area contributed by atoms with Gasteiger partial charge in [0.25, 0.3) is 0 Å². The molecule has 0 rings (SSSR count). The van der Waals surface area contributed by atoms with Crippen molar-refractivity contribution < 1.29 is 23.8 Å². The first-order valence-corrected chi connectivity index (χ1v) is 2.31. The van der Waals surface area contributed by atoms with Gasteiger partial charge in [0, 0.05) is 6.42 Å². The smallest absolute Gasteiger partial charge is 0.450 e. The Bertz CT molecular complexity index is 99.1. The van der Waals surface area contributed by atoms with Crippen molar-refractivity contribution in [3.63, 3.8) is 0 Å². The zero-order valence-corrected chi connectivity index (χ0v) is 5.13. The van der Waals surface area contributed by atoms with Crippen molar-refractivity contribution in [2.45, 2.75) is 12.8 Å². The molecule has 0 bridgehead atoms. The molecular weight excluding hydrogens is 146 g/mol. The lowest BCUT2D eigenvalue weighted by atomic mass is 10.5. The first-order valence-electron chi connectivity index (χ1n) is 2.31. The lowest BCUT2D eigenvalue weighted by Crippen LogP contribution is -1.82. The van der Waals surface area contributed by atoms with E-state index in [1.807, 2.05) is 0 Å². The van der Waals surface area contributed by atoms with Crippen LogP contribution in [0, 0.1) is 0 Å². The Balaban J connectivity index is 0. The Morgan fingerprint density at radius 3 is 1.90 bits per heavy atom. The summed E-state index contributed by atoms with van der Waals surface area (Å²) >= 11 is 0. The maximum absolute atomic E-state index is 11.0. The third-order valence-electron chi connectivity index (χ3n) is 0.345. The van der Waals surface area contributed by atoms with E-state index in [4.69, 9.17) is 15.0 Å². The number of hydrogen-bond acceptors (Lipinski definition) is 1. The minimum Gasteiger partial charge on any atom is -0.450 e. The fraction of sp³-hybridized carbons (Fsp3) is 0.400. The highest BCUT2D eigenvalue weighted by molar-refractivity contribution is 5.53. The summed E-state index contributed by atoms with van der Waals surface area (Å²) in [6.45, 7) is 3.12. The SMILES string of the molecule is C=CCC(F)F.O=C(O)O. The van der Waals surface area contributed by atoms with Crippen molar-refractivity contribution in [2.24, 2.45) is 0 Å². The van der Waals surface area contributed by atoms with Gasteiger partial charge in [-0.1, -0.05) is 6.08 Å². The molecule has 60 valence electrons. The van der Waals surface area contributed by atoms with Gasteiger partial charge in [-0.15, -0.1) is 6.58 Å². The zero-order chi connectivity index (χ0) is 8.57. The fourth-order valence-corrected chi connectivity index (χ4v) is 0.126. The van der Waals surface area contributed by atoms with E-state index in [2.05, 4.69) is 6.58 Å². The fourth-order valence-electron chi connectivity index (χ4n) is 0.126. The Kier molecular flexibility index (Phi) is 9.16. The number of rotatable bonds is 2. The lowest BCUT2D eigenvalue weighted by Gasteiger charge is -1.84. The van der Waals surface area contributed by atoms with Crippen molar-refractivity contribution in [1.82, 2.24) is 0 Å². The van der Waals surface area contributed by atoms with Gasteiger partial charge >= 0.3 is 6.16 Å². The summed E-state index contributed by atoms with van der Waals surface area (Å²) < 4.78 is 21.9. The number of alkyl halides is 2. The van der Waals surface area contributed by atoms with E-state index in [0.29, 0.717) is 0 Å². The quantitative estimate of drug-likeness (QED) is 0.598. The second kappa shape index (κ2) is 7.87. The van der Waals surface area contributed by atoms with Gasteiger partial charge in [0.05, 0.1) is 0 Å². The van der Waals surface area contributed by atoms with E-state index >= 15 is 0 Å². The van der Waals surface area contributed by atoms with Gasteiger partial charge < -0.3 is 10.2 Å². The summed E-state index contributed by atoms with van der Waals surface area (Å²) in [6, 6.07) is 0. The molecule has 0 saturated heterocycles. The number of halogens is 2. The minimum absolute atomic E-state index is 0.194. The van der Waals surface area contributed by atoms with Gasteiger partial charge in [0.15, 0.2) is 0 Å². The number of carboxylic acid groups (broad SMARTS) is 2.